The highest BCUT2D eigenvalue weighted by atomic mass is 28.4. The van der Waals surface area contributed by atoms with Crippen molar-refractivity contribution in [3.05, 3.63) is 83.9 Å². The van der Waals surface area contributed by atoms with Gasteiger partial charge in [0.05, 0.1) is 32.0 Å². The van der Waals surface area contributed by atoms with Crippen LogP contribution < -0.4 is 0 Å². The Morgan fingerprint density at radius 2 is 1.73 bits per heavy atom. The average Bonchev–Trinajstić information content (AvgIpc) is 2.87. The quantitative estimate of drug-likeness (QED) is 0.187. The van der Waals surface area contributed by atoms with Crippen LogP contribution in [0.4, 0.5) is 0 Å². The minimum atomic E-state index is -2.14. The van der Waals surface area contributed by atoms with Crippen molar-refractivity contribution < 1.29 is 28.2 Å². The van der Waals surface area contributed by atoms with Gasteiger partial charge in [0, 0.05) is 11.6 Å². The summed E-state index contributed by atoms with van der Waals surface area (Å²) in [4.78, 5) is 12.0. The molecule has 3 rings (SSSR count). The van der Waals surface area contributed by atoms with E-state index in [1.54, 1.807) is 13.0 Å². The molecule has 202 valence electrons. The van der Waals surface area contributed by atoms with Crippen LogP contribution in [0.25, 0.3) is 0 Å². The summed E-state index contributed by atoms with van der Waals surface area (Å²) in [5, 5.41) is 0.0258. The first-order chi connectivity index (χ1) is 17.6. The summed E-state index contributed by atoms with van der Waals surface area (Å²) in [5.41, 5.74) is 2.01. The Morgan fingerprint density at radius 1 is 1.08 bits per heavy atom. The van der Waals surface area contributed by atoms with Crippen LogP contribution in [0, 0.1) is 0 Å². The van der Waals surface area contributed by atoms with Gasteiger partial charge in [-0.15, -0.1) is 0 Å². The van der Waals surface area contributed by atoms with Crippen LogP contribution in [0.3, 0.4) is 0 Å². The first-order valence-electron chi connectivity index (χ1n) is 13.1. The number of benzene rings is 2. The van der Waals surface area contributed by atoms with Crippen molar-refractivity contribution >= 4 is 14.3 Å². The van der Waals surface area contributed by atoms with Crippen LogP contribution in [0.5, 0.6) is 0 Å². The van der Waals surface area contributed by atoms with Gasteiger partial charge in [-0.25, -0.2) is 4.79 Å². The van der Waals surface area contributed by atoms with E-state index in [0.717, 1.165) is 11.1 Å². The van der Waals surface area contributed by atoms with Gasteiger partial charge in [0.1, 0.15) is 6.10 Å². The number of carbonyl (C=O) groups is 1. The molecule has 6 nitrogen and oxygen atoms in total. The molecule has 0 spiro atoms. The lowest BCUT2D eigenvalue weighted by Crippen LogP contribution is -2.55. The van der Waals surface area contributed by atoms with Gasteiger partial charge in [-0.3, -0.25) is 0 Å². The van der Waals surface area contributed by atoms with Crippen LogP contribution >= 0.6 is 0 Å². The van der Waals surface area contributed by atoms with Gasteiger partial charge in [-0.1, -0.05) is 87.5 Å². The monoisotopic (exact) mass is 526 g/mol. The first-order valence-corrected chi connectivity index (χ1v) is 16.0. The van der Waals surface area contributed by atoms with Crippen molar-refractivity contribution in [3.8, 4) is 0 Å². The first kappa shape index (κ1) is 29.3. The molecule has 0 aromatic heterocycles. The lowest BCUT2D eigenvalue weighted by atomic mass is 10.0. The van der Waals surface area contributed by atoms with Gasteiger partial charge in [0.25, 0.3) is 0 Å². The summed E-state index contributed by atoms with van der Waals surface area (Å²) >= 11 is 0. The number of carbonyl (C=O) groups excluding carboxylic acids is 1. The van der Waals surface area contributed by atoms with Crippen molar-refractivity contribution in [3.63, 3.8) is 0 Å². The largest absolute Gasteiger partial charge is 0.463 e. The number of ether oxygens (including phenoxy) is 4. The number of esters is 1. The van der Waals surface area contributed by atoms with Crippen molar-refractivity contribution in [1.29, 1.82) is 0 Å². The van der Waals surface area contributed by atoms with Crippen LogP contribution in [-0.2, 0) is 34.8 Å². The van der Waals surface area contributed by atoms with E-state index in [0.29, 0.717) is 26.2 Å². The Kier molecular flexibility index (Phi) is 10.7. The molecule has 0 aliphatic carbocycles. The Hall–Kier alpha value is -2.29. The zero-order valence-corrected chi connectivity index (χ0v) is 24.0. The predicted octanol–water partition coefficient (Wildman–Crippen LogP) is 6.59. The van der Waals surface area contributed by atoms with Gasteiger partial charge < -0.3 is 23.4 Å². The fourth-order valence-electron chi connectivity index (χ4n) is 3.88. The van der Waals surface area contributed by atoms with E-state index in [-0.39, 0.29) is 23.2 Å². The van der Waals surface area contributed by atoms with Crippen LogP contribution in [0.2, 0.25) is 18.1 Å². The second-order valence-electron chi connectivity index (χ2n) is 10.8. The van der Waals surface area contributed by atoms with E-state index < -0.39 is 20.7 Å². The zero-order valence-electron chi connectivity index (χ0n) is 23.0. The second-order valence-corrected chi connectivity index (χ2v) is 15.6. The van der Waals surface area contributed by atoms with Crippen molar-refractivity contribution in [2.24, 2.45) is 0 Å². The lowest BCUT2D eigenvalue weighted by molar-refractivity contribution is -0.277. The number of hydrogen-bond donors (Lipinski definition) is 0. The molecule has 7 heteroatoms. The zero-order chi connectivity index (χ0) is 26.9. The maximum atomic E-state index is 12.0. The van der Waals surface area contributed by atoms with Gasteiger partial charge in [-0.05, 0) is 37.0 Å². The summed E-state index contributed by atoms with van der Waals surface area (Å²) in [6.45, 7) is 14.1. The van der Waals surface area contributed by atoms with Crippen molar-refractivity contribution in [1.82, 2.24) is 0 Å². The van der Waals surface area contributed by atoms with Crippen molar-refractivity contribution in [2.45, 2.75) is 83.5 Å². The molecule has 2 aromatic carbocycles. The second kappa shape index (κ2) is 13.5. The highest BCUT2D eigenvalue weighted by Crippen LogP contribution is 2.40. The summed E-state index contributed by atoms with van der Waals surface area (Å²) in [6, 6.07) is 20.0. The van der Waals surface area contributed by atoms with E-state index in [1.807, 2.05) is 60.7 Å². The molecule has 1 aliphatic heterocycles. The maximum absolute atomic E-state index is 12.0. The SMILES string of the molecule is CCOC(=O)/C=C\C[C@@H](OCc1ccccc1)[C@@H]1OC(c2ccccc2)OC[C@H]1O[Si](C)(C)C(C)(C)C. The Morgan fingerprint density at radius 3 is 2.35 bits per heavy atom. The summed E-state index contributed by atoms with van der Waals surface area (Å²) < 4.78 is 31.1. The van der Waals surface area contributed by atoms with E-state index >= 15 is 0 Å². The molecule has 0 radical (unpaired) electrons. The van der Waals surface area contributed by atoms with Crippen LogP contribution in [0.15, 0.2) is 72.8 Å². The molecular formula is C30H42O6Si. The molecule has 0 amide bonds. The molecule has 0 bridgehead atoms. The number of hydrogen-bond acceptors (Lipinski definition) is 6. The standard InChI is InChI=1S/C30H42O6Si/c1-7-32-27(31)20-14-19-25(33-21-23-15-10-8-11-16-23)28-26(36-37(5,6)30(2,3)4)22-34-29(35-28)24-17-12-9-13-18-24/h8-18,20,25-26,28-29H,7,19,21-22H2,1-6H3/b20-14-/t25-,26-,28+,29?/m1/s1. The third kappa shape index (κ3) is 8.62. The molecule has 1 heterocycles. The van der Waals surface area contributed by atoms with E-state index in [9.17, 15) is 4.79 Å². The highest BCUT2D eigenvalue weighted by molar-refractivity contribution is 6.74. The molecule has 37 heavy (non-hydrogen) atoms. The third-order valence-electron chi connectivity index (χ3n) is 6.97. The molecule has 1 aliphatic rings. The van der Waals surface area contributed by atoms with Crippen molar-refractivity contribution in [2.75, 3.05) is 13.2 Å². The maximum Gasteiger partial charge on any atom is 0.330 e. The molecule has 4 atom stereocenters. The predicted molar refractivity (Wildman–Crippen MR) is 147 cm³/mol. The fraction of sp³-hybridized carbons (Fsp3) is 0.500. The normalized spacial score (nSPS) is 21.6. The van der Waals surface area contributed by atoms with Crippen LogP contribution in [0.1, 0.15) is 51.5 Å². The lowest BCUT2D eigenvalue weighted by Gasteiger charge is -2.46. The van der Waals surface area contributed by atoms with Gasteiger partial charge >= 0.3 is 5.97 Å². The van der Waals surface area contributed by atoms with E-state index in [1.165, 1.54) is 6.08 Å². The highest BCUT2D eigenvalue weighted by Gasteiger charge is 2.45. The summed E-state index contributed by atoms with van der Waals surface area (Å²) in [6.07, 6.45) is 2.13. The van der Waals surface area contributed by atoms with E-state index in [4.69, 9.17) is 23.4 Å². The molecule has 1 unspecified atom stereocenters. The fourth-order valence-corrected chi connectivity index (χ4v) is 5.19. The summed E-state index contributed by atoms with van der Waals surface area (Å²) in [7, 11) is -2.14. The van der Waals surface area contributed by atoms with Gasteiger partial charge in [-0.2, -0.15) is 0 Å². The minimum Gasteiger partial charge on any atom is -0.463 e. The Labute approximate surface area is 223 Å². The number of rotatable bonds is 11. The molecule has 0 N–H and O–H groups in total. The molecular weight excluding hydrogens is 484 g/mol. The molecule has 1 saturated heterocycles. The molecule has 2 aromatic rings. The van der Waals surface area contributed by atoms with Crippen LogP contribution in [-0.4, -0.2) is 45.8 Å². The van der Waals surface area contributed by atoms with Gasteiger partial charge in [0.15, 0.2) is 14.6 Å². The Bertz CT molecular complexity index is 986. The average molecular weight is 527 g/mol. The molecule has 0 saturated carbocycles. The minimum absolute atomic E-state index is 0.0258. The topological polar surface area (TPSA) is 63.2 Å². The Balaban J connectivity index is 1.88. The smallest absolute Gasteiger partial charge is 0.330 e. The third-order valence-corrected chi connectivity index (χ3v) is 11.5. The molecule has 1 fully saturated rings. The van der Waals surface area contributed by atoms with Gasteiger partial charge in [0.2, 0.25) is 0 Å². The van der Waals surface area contributed by atoms with E-state index in [2.05, 4.69) is 33.9 Å². The summed E-state index contributed by atoms with van der Waals surface area (Å²) in [5.74, 6) is -0.367.